The molecule has 3 nitrogen and oxygen atoms in total. The van der Waals surface area contributed by atoms with Gasteiger partial charge in [-0.05, 0) is 105 Å². The molecule has 3 heteroatoms. The van der Waals surface area contributed by atoms with Gasteiger partial charge in [-0.3, -0.25) is 0 Å². The molecule has 2 aromatic heterocycles. The van der Waals surface area contributed by atoms with Crippen molar-refractivity contribution in [3.8, 4) is 22.3 Å². The number of hydrogen-bond donors (Lipinski definition) is 0. The Morgan fingerprint density at radius 1 is 0.340 bits per heavy atom. The Labute approximate surface area is 305 Å². The molecule has 0 aliphatic carbocycles. The van der Waals surface area contributed by atoms with Crippen molar-refractivity contribution < 1.29 is 8.83 Å². The first-order valence-corrected chi connectivity index (χ1v) is 18.0. The van der Waals surface area contributed by atoms with Crippen LogP contribution < -0.4 is 4.90 Å². The third-order valence-corrected chi connectivity index (χ3v) is 10.6. The van der Waals surface area contributed by atoms with Gasteiger partial charge < -0.3 is 13.7 Å². The quantitative estimate of drug-likeness (QED) is 0.182. The summed E-state index contributed by atoms with van der Waals surface area (Å²) in [5, 5.41) is 9.24. The second-order valence-electron chi connectivity index (χ2n) is 13.7. The lowest BCUT2D eigenvalue weighted by atomic mass is 9.94. The largest absolute Gasteiger partial charge is 0.456 e. The minimum absolute atomic E-state index is 0.873. The van der Waals surface area contributed by atoms with Crippen LogP contribution in [0.1, 0.15) is 0 Å². The summed E-state index contributed by atoms with van der Waals surface area (Å²) in [5.74, 6) is 0. The van der Waals surface area contributed by atoms with E-state index in [9.17, 15) is 0 Å². The summed E-state index contributed by atoms with van der Waals surface area (Å²) in [6, 6.07) is 66.7. The molecule has 0 fully saturated rings. The van der Waals surface area contributed by atoms with E-state index in [0.29, 0.717) is 0 Å². The van der Waals surface area contributed by atoms with Gasteiger partial charge in [0, 0.05) is 32.9 Å². The zero-order valence-corrected chi connectivity index (χ0v) is 28.7. The van der Waals surface area contributed by atoms with E-state index in [0.717, 1.165) is 77.5 Å². The van der Waals surface area contributed by atoms with Crippen molar-refractivity contribution in [1.82, 2.24) is 0 Å². The number of rotatable bonds is 5. The highest BCUT2D eigenvalue weighted by Gasteiger charge is 2.20. The fourth-order valence-corrected chi connectivity index (χ4v) is 8.12. The summed E-state index contributed by atoms with van der Waals surface area (Å²) in [6.07, 6.45) is 0. The van der Waals surface area contributed by atoms with Crippen molar-refractivity contribution in [3.05, 3.63) is 188 Å². The number of fused-ring (bicyclic) bond motifs is 9. The zero-order chi connectivity index (χ0) is 34.9. The van der Waals surface area contributed by atoms with E-state index in [-0.39, 0.29) is 0 Å². The number of furan rings is 2. The summed E-state index contributed by atoms with van der Waals surface area (Å²) in [4.78, 5) is 2.31. The SMILES string of the molecule is c1ccc(N(c2ccc(-c3ccc4c(c3)oc3c5ccccc5c(-c5ccc6ccccc6c5)cc43)cc2)c2cccc3oc4ccccc4c23)cc1. The minimum Gasteiger partial charge on any atom is -0.456 e. The van der Waals surface area contributed by atoms with Gasteiger partial charge in [0.25, 0.3) is 0 Å². The zero-order valence-electron chi connectivity index (χ0n) is 28.7. The van der Waals surface area contributed by atoms with Crippen LogP contribution in [0, 0.1) is 0 Å². The van der Waals surface area contributed by atoms with E-state index in [2.05, 4.69) is 175 Å². The topological polar surface area (TPSA) is 29.5 Å². The summed E-state index contributed by atoms with van der Waals surface area (Å²) in [7, 11) is 0. The molecule has 0 aliphatic heterocycles. The van der Waals surface area contributed by atoms with Crippen LogP contribution in [0.5, 0.6) is 0 Å². The average Bonchev–Trinajstić information content (AvgIpc) is 3.80. The first-order chi connectivity index (χ1) is 26.3. The molecule has 11 aromatic rings. The van der Waals surface area contributed by atoms with E-state index >= 15 is 0 Å². The third kappa shape index (κ3) is 4.75. The van der Waals surface area contributed by atoms with Crippen LogP contribution in [0.2, 0.25) is 0 Å². The normalized spacial score (nSPS) is 11.8. The van der Waals surface area contributed by atoms with Crippen LogP contribution in [-0.2, 0) is 0 Å². The standard InChI is InChI=1S/C50H31NO2/c1-2-13-37(14-3-1)51(45-18-10-20-47-49(45)42-17-8-9-19-46(42)52-47)38-26-23-33(24-27-38)35-25-28-40-44-31-43(36-22-21-32-11-4-5-12-34(32)29-36)39-15-6-7-16-41(39)50(44)53-48(40)30-35/h1-31H. The maximum absolute atomic E-state index is 6.72. The highest BCUT2D eigenvalue weighted by molar-refractivity contribution is 6.20. The van der Waals surface area contributed by atoms with Crippen molar-refractivity contribution in [3.63, 3.8) is 0 Å². The number of anilines is 3. The fourth-order valence-electron chi connectivity index (χ4n) is 8.12. The van der Waals surface area contributed by atoms with E-state index in [1.807, 2.05) is 18.2 Å². The third-order valence-electron chi connectivity index (χ3n) is 10.6. The molecule has 248 valence electrons. The Bertz CT molecular complexity index is 3170. The summed E-state index contributed by atoms with van der Waals surface area (Å²) in [5.41, 5.74) is 11.4. The number of nitrogens with zero attached hydrogens (tertiary/aromatic N) is 1. The Kier molecular flexibility index (Phi) is 6.55. The Balaban J connectivity index is 1.02. The smallest absolute Gasteiger partial charge is 0.143 e. The molecule has 0 amide bonds. The molecule has 0 spiro atoms. The highest BCUT2D eigenvalue weighted by Crippen LogP contribution is 2.44. The molecule has 2 heterocycles. The summed E-state index contributed by atoms with van der Waals surface area (Å²) < 4.78 is 13.0. The van der Waals surface area contributed by atoms with E-state index in [1.165, 1.54) is 27.3 Å². The predicted octanol–water partition coefficient (Wildman–Crippen LogP) is 14.6. The van der Waals surface area contributed by atoms with Crippen LogP contribution >= 0.6 is 0 Å². The molecule has 0 radical (unpaired) electrons. The van der Waals surface area contributed by atoms with Gasteiger partial charge >= 0.3 is 0 Å². The van der Waals surface area contributed by atoms with Gasteiger partial charge in [0.15, 0.2) is 0 Å². The van der Waals surface area contributed by atoms with Crippen LogP contribution in [0.25, 0.3) is 87.7 Å². The molecule has 53 heavy (non-hydrogen) atoms. The minimum atomic E-state index is 0.873. The number of hydrogen-bond acceptors (Lipinski definition) is 3. The maximum atomic E-state index is 6.72. The second-order valence-corrected chi connectivity index (χ2v) is 13.7. The lowest BCUT2D eigenvalue weighted by Crippen LogP contribution is -2.10. The van der Waals surface area contributed by atoms with E-state index < -0.39 is 0 Å². The molecular weight excluding hydrogens is 647 g/mol. The van der Waals surface area contributed by atoms with Gasteiger partial charge in [-0.2, -0.15) is 0 Å². The summed E-state index contributed by atoms with van der Waals surface area (Å²) in [6.45, 7) is 0. The number of para-hydroxylation sites is 2. The Morgan fingerprint density at radius 2 is 1.02 bits per heavy atom. The molecule has 11 rings (SSSR count). The van der Waals surface area contributed by atoms with Gasteiger partial charge in [-0.15, -0.1) is 0 Å². The first kappa shape index (κ1) is 29.6. The van der Waals surface area contributed by atoms with Gasteiger partial charge in [0.2, 0.25) is 0 Å². The molecule has 9 aromatic carbocycles. The molecular formula is C50H31NO2. The van der Waals surface area contributed by atoms with Crippen molar-refractivity contribution in [2.75, 3.05) is 4.90 Å². The van der Waals surface area contributed by atoms with E-state index in [4.69, 9.17) is 8.83 Å². The molecule has 0 aliphatic rings. The lowest BCUT2D eigenvalue weighted by Gasteiger charge is -2.26. The van der Waals surface area contributed by atoms with Gasteiger partial charge in [0.05, 0.1) is 11.1 Å². The molecule has 0 N–H and O–H groups in total. The van der Waals surface area contributed by atoms with Crippen LogP contribution in [0.3, 0.4) is 0 Å². The molecule has 0 unspecified atom stereocenters. The van der Waals surface area contributed by atoms with E-state index in [1.54, 1.807) is 0 Å². The lowest BCUT2D eigenvalue weighted by molar-refractivity contribution is 0.669. The molecule has 0 saturated heterocycles. The van der Waals surface area contributed by atoms with Crippen molar-refractivity contribution in [1.29, 1.82) is 0 Å². The van der Waals surface area contributed by atoms with Crippen LogP contribution in [0.4, 0.5) is 17.1 Å². The molecule has 0 saturated carbocycles. The summed E-state index contributed by atoms with van der Waals surface area (Å²) >= 11 is 0. The second kappa shape index (κ2) is 11.7. The highest BCUT2D eigenvalue weighted by atomic mass is 16.3. The van der Waals surface area contributed by atoms with Crippen molar-refractivity contribution >= 4 is 82.5 Å². The number of benzene rings is 9. The predicted molar refractivity (Wildman–Crippen MR) is 222 cm³/mol. The fraction of sp³-hybridized carbons (Fsp3) is 0. The monoisotopic (exact) mass is 677 g/mol. The average molecular weight is 678 g/mol. The van der Waals surface area contributed by atoms with Gasteiger partial charge in [-0.25, -0.2) is 0 Å². The molecule has 0 bridgehead atoms. The Morgan fingerprint density at radius 3 is 1.89 bits per heavy atom. The van der Waals surface area contributed by atoms with Crippen LogP contribution in [0.15, 0.2) is 197 Å². The van der Waals surface area contributed by atoms with Crippen molar-refractivity contribution in [2.45, 2.75) is 0 Å². The van der Waals surface area contributed by atoms with Gasteiger partial charge in [0.1, 0.15) is 22.3 Å². The van der Waals surface area contributed by atoms with Crippen molar-refractivity contribution in [2.24, 2.45) is 0 Å². The first-order valence-electron chi connectivity index (χ1n) is 18.0. The molecule has 0 atom stereocenters. The maximum Gasteiger partial charge on any atom is 0.143 e. The Hall–Kier alpha value is -7.10. The van der Waals surface area contributed by atoms with Gasteiger partial charge in [-0.1, -0.05) is 121 Å². The van der Waals surface area contributed by atoms with Crippen LogP contribution in [-0.4, -0.2) is 0 Å².